The van der Waals surface area contributed by atoms with Crippen molar-refractivity contribution in [2.75, 3.05) is 7.11 Å². The van der Waals surface area contributed by atoms with Crippen LogP contribution in [0.4, 0.5) is 10.5 Å². The van der Waals surface area contributed by atoms with E-state index in [1.807, 2.05) is 0 Å². The maximum absolute atomic E-state index is 12.0. The van der Waals surface area contributed by atoms with Gasteiger partial charge in [-0.05, 0) is 13.0 Å². The molecule has 2 rings (SSSR count). The van der Waals surface area contributed by atoms with Crippen molar-refractivity contribution in [3.8, 4) is 5.75 Å². The zero-order valence-electron chi connectivity index (χ0n) is 12.0. The first-order valence-electron chi connectivity index (χ1n) is 6.29. The SMILES string of the molecule is COC(=O)C1=C(C)NC(=O)NC1c1cc(Cl)cc([N+](=O)[O-])c1O. The zero-order valence-corrected chi connectivity index (χ0v) is 12.8. The monoisotopic (exact) mass is 341 g/mol. The number of methoxy groups -OCH3 is 1. The lowest BCUT2D eigenvalue weighted by Gasteiger charge is -2.28. The highest BCUT2D eigenvalue weighted by Gasteiger charge is 2.35. The number of rotatable bonds is 3. The Balaban J connectivity index is 2.67. The van der Waals surface area contributed by atoms with Gasteiger partial charge in [0.05, 0.1) is 23.6 Å². The van der Waals surface area contributed by atoms with Gasteiger partial charge in [0.1, 0.15) is 0 Å². The average molecular weight is 342 g/mol. The molecule has 1 aromatic rings. The molecule has 2 amide bonds. The van der Waals surface area contributed by atoms with Crippen LogP contribution in [-0.2, 0) is 9.53 Å². The molecular formula is C13H12ClN3O6. The van der Waals surface area contributed by atoms with E-state index in [-0.39, 0.29) is 21.9 Å². The van der Waals surface area contributed by atoms with Crippen molar-refractivity contribution < 1.29 is 24.4 Å². The molecule has 1 heterocycles. The first kappa shape index (κ1) is 16.6. The first-order valence-corrected chi connectivity index (χ1v) is 6.67. The number of phenols is 1. The predicted molar refractivity (Wildman–Crippen MR) is 78.9 cm³/mol. The largest absolute Gasteiger partial charge is 0.502 e. The van der Waals surface area contributed by atoms with Crippen molar-refractivity contribution in [1.82, 2.24) is 10.6 Å². The van der Waals surface area contributed by atoms with Crippen LogP contribution in [-0.4, -0.2) is 29.1 Å². The van der Waals surface area contributed by atoms with Gasteiger partial charge in [-0.25, -0.2) is 9.59 Å². The Morgan fingerprint density at radius 3 is 2.70 bits per heavy atom. The summed E-state index contributed by atoms with van der Waals surface area (Å²) in [7, 11) is 1.15. The summed E-state index contributed by atoms with van der Waals surface area (Å²) >= 11 is 5.84. The summed E-state index contributed by atoms with van der Waals surface area (Å²) in [5.41, 5.74) is -0.521. The smallest absolute Gasteiger partial charge is 0.337 e. The molecule has 1 aliphatic heterocycles. The molecule has 1 unspecified atom stereocenters. The van der Waals surface area contributed by atoms with Crippen molar-refractivity contribution in [2.45, 2.75) is 13.0 Å². The quantitative estimate of drug-likeness (QED) is 0.436. The number of carbonyl (C=O) groups is 2. The summed E-state index contributed by atoms with van der Waals surface area (Å²) in [4.78, 5) is 33.8. The number of carbonyl (C=O) groups excluding carboxylic acids is 2. The molecule has 9 nitrogen and oxygen atoms in total. The Kier molecular flexibility index (Phi) is 4.41. The van der Waals surface area contributed by atoms with E-state index in [1.165, 1.54) is 13.0 Å². The van der Waals surface area contributed by atoms with E-state index in [4.69, 9.17) is 11.6 Å². The van der Waals surface area contributed by atoms with Gasteiger partial charge in [0, 0.05) is 22.3 Å². The molecule has 23 heavy (non-hydrogen) atoms. The fourth-order valence-electron chi connectivity index (χ4n) is 2.27. The molecule has 0 saturated carbocycles. The van der Waals surface area contributed by atoms with Crippen molar-refractivity contribution >= 4 is 29.3 Å². The van der Waals surface area contributed by atoms with E-state index in [2.05, 4.69) is 15.4 Å². The number of benzene rings is 1. The zero-order chi connectivity index (χ0) is 17.3. The van der Waals surface area contributed by atoms with Crippen LogP contribution in [0.5, 0.6) is 5.75 Å². The lowest BCUT2D eigenvalue weighted by molar-refractivity contribution is -0.385. The van der Waals surface area contributed by atoms with E-state index >= 15 is 0 Å². The topological polar surface area (TPSA) is 131 Å². The Morgan fingerprint density at radius 2 is 2.13 bits per heavy atom. The Bertz CT molecular complexity index is 745. The lowest BCUT2D eigenvalue weighted by atomic mass is 9.94. The van der Waals surface area contributed by atoms with Crippen molar-refractivity contribution in [3.63, 3.8) is 0 Å². The molecule has 0 bridgehead atoms. The van der Waals surface area contributed by atoms with Crippen LogP contribution in [0.2, 0.25) is 5.02 Å². The summed E-state index contributed by atoms with van der Waals surface area (Å²) in [5.74, 6) is -1.46. The second kappa shape index (κ2) is 6.13. The highest BCUT2D eigenvalue weighted by Crippen LogP contribution is 2.40. The Morgan fingerprint density at radius 1 is 1.48 bits per heavy atom. The van der Waals surface area contributed by atoms with Crippen molar-refractivity contribution in [2.24, 2.45) is 0 Å². The van der Waals surface area contributed by atoms with E-state index < -0.39 is 34.4 Å². The molecule has 0 saturated heterocycles. The number of halogens is 1. The molecule has 1 atom stereocenters. The van der Waals surface area contributed by atoms with Crippen LogP contribution in [0.25, 0.3) is 0 Å². The molecular weight excluding hydrogens is 330 g/mol. The minimum absolute atomic E-state index is 0.000959. The molecule has 0 spiro atoms. The summed E-state index contributed by atoms with van der Waals surface area (Å²) in [6.45, 7) is 1.47. The van der Waals surface area contributed by atoms with Gasteiger partial charge in [-0.2, -0.15) is 0 Å². The summed E-state index contributed by atoms with van der Waals surface area (Å²) in [6.07, 6.45) is 0. The molecule has 1 aromatic carbocycles. The van der Waals surface area contributed by atoms with Gasteiger partial charge >= 0.3 is 17.7 Å². The van der Waals surface area contributed by atoms with Gasteiger partial charge in [0.2, 0.25) is 0 Å². The number of nitro benzene ring substituents is 1. The number of aromatic hydroxyl groups is 1. The lowest BCUT2D eigenvalue weighted by Crippen LogP contribution is -2.45. The maximum atomic E-state index is 12.0. The van der Waals surface area contributed by atoms with Gasteiger partial charge in [-0.15, -0.1) is 0 Å². The fraction of sp³-hybridized carbons (Fsp3) is 0.231. The molecule has 0 fully saturated rings. The molecule has 0 aliphatic carbocycles. The Labute approximate surface area is 135 Å². The first-order chi connectivity index (χ1) is 10.8. The van der Waals surface area contributed by atoms with Crippen LogP contribution in [0.15, 0.2) is 23.4 Å². The highest BCUT2D eigenvalue weighted by molar-refractivity contribution is 6.31. The number of nitrogens with zero attached hydrogens (tertiary/aromatic N) is 1. The third-order valence-electron chi connectivity index (χ3n) is 3.27. The molecule has 3 N–H and O–H groups in total. The van der Waals surface area contributed by atoms with E-state index in [0.717, 1.165) is 13.2 Å². The number of esters is 1. The van der Waals surface area contributed by atoms with Crippen molar-refractivity contribution in [1.29, 1.82) is 0 Å². The van der Waals surface area contributed by atoms with E-state index in [0.29, 0.717) is 0 Å². The number of hydrogen-bond acceptors (Lipinski definition) is 6. The third-order valence-corrected chi connectivity index (χ3v) is 3.48. The standard InChI is InChI=1S/C13H12ClN3O6/c1-5-9(12(19)23-2)10(16-13(20)15-5)7-3-6(14)4-8(11(7)18)17(21)22/h3-4,10,18H,1-2H3,(H2,15,16,20). The molecule has 122 valence electrons. The highest BCUT2D eigenvalue weighted by atomic mass is 35.5. The summed E-state index contributed by atoms with van der Waals surface area (Å²) in [5, 5.41) is 25.9. The average Bonchev–Trinajstić information content (AvgIpc) is 2.47. The minimum Gasteiger partial charge on any atom is -0.502 e. The number of urea groups is 1. The van der Waals surface area contributed by atoms with Gasteiger partial charge in [0.15, 0.2) is 5.75 Å². The van der Waals surface area contributed by atoms with Gasteiger partial charge < -0.3 is 20.5 Å². The van der Waals surface area contributed by atoms with Gasteiger partial charge in [-0.1, -0.05) is 11.6 Å². The van der Waals surface area contributed by atoms with Crippen molar-refractivity contribution in [3.05, 3.63) is 44.1 Å². The van der Waals surface area contributed by atoms with Crippen LogP contribution in [0.1, 0.15) is 18.5 Å². The molecule has 10 heteroatoms. The van der Waals surface area contributed by atoms with Crippen LogP contribution >= 0.6 is 11.6 Å². The van der Waals surface area contributed by atoms with Crippen LogP contribution < -0.4 is 10.6 Å². The van der Waals surface area contributed by atoms with E-state index in [1.54, 1.807) is 0 Å². The van der Waals surface area contributed by atoms with Crippen LogP contribution in [0, 0.1) is 10.1 Å². The number of phenolic OH excluding ortho intramolecular Hbond substituents is 1. The Hall–Kier alpha value is -2.81. The third kappa shape index (κ3) is 3.04. The predicted octanol–water partition coefficient (Wildman–Crippen LogP) is 1.75. The number of ether oxygens (including phenoxy) is 1. The number of hydrogen-bond donors (Lipinski definition) is 3. The fourth-order valence-corrected chi connectivity index (χ4v) is 2.49. The minimum atomic E-state index is -1.14. The van der Waals surface area contributed by atoms with Gasteiger partial charge in [0.25, 0.3) is 0 Å². The maximum Gasteiger partial charge on any atom is 0.337 e. The summed E-state index contributed by atoms with van der Waals surface area (Å²) in [6, 6.07) is 0.421. The normalized spacial score (nSPS) is 17.3. The van der Waals surface area contributed by atoms with E-state index in [9.17, 15) is 24.8 Å². The second-order valence-corrected chi connectivity index (χ2v) is 5.12. The molecule has 0 radical (unpaired) electrons. The number of allylic oxidation sites excluding steroid dienone is 1. The molecule has 1 aliphatic rings. The second-order valence-electron chi connectivity index (χ2n) is 4.68. The molecule has 0 aromatic heterocycles. The summed E-state index contributed by atoms with van der Waals surface area (Å²) < 4.78 is 4.66. The number of nitro groups is 1. The number of amides is 2. The van der Waals surface area contributed by atoms with Crippen LogP contribution in [0.3, 0.4) is 0 Å². The van der Waals surface area contributed by atoms with Gasteiger partial charge in [-0.3, -0.25) is 10.1 Å². The number of nitrogens with one attached hydrogen (secondary N) is 2.